The third-order valence-electron chi connectivity index (χ3n) is 12.9. The van der Waals surface area contributed by atoms with Crippen molar-refractivity contribution in [3.63, 3.8) is 0 Å². The molecule has 18 atom stereocenters. The molecule has 0 aromatic heterocycles. The summed E-state index contributed by atoms with van der Waals surface area (Å²) in [5.41, 5.74) is 0.0439. The summed E-state index contributed by atoms with van der Waals surface area (Å²) >= 11 is 0. The highest BCUT2D eigenvalue weighted by Gasteiger charge is 2.61. The van der Waals surface area contributed by atoms with Crippen molar-refractivity contribution in [2.45, 2.75) is 145 Å². The van der Waals surface area contributed by atoms with Gasteiger partial charge in [0.05, 0.1) is 25.4 Å². The highest BCUT2D eigenvalue weighted by Crippen LogP contribution is 2.67. The zero-order chi connectivity index (χ0) is 30.8. The third kappa shape index (κ3) is 5.41. The van der Waals surface area contributed by atoms with Gasteiger partial charge in [0.15, 0.2) is 12.6 Å². The summed E-state index contributed by atoms with van der Waals surface area (Å²) in [6.07, 6.45) is -4.31. The van der Waals surface area contributed by atoms with E-state index in [-0.39, 0.29) is 23.0 Å². The van der Waals surface area contributed by atoms with E-state index in [4.69, 9.17) is 18.9 Å². The summed E-state index contributed by atoms with van der Waals surface area (Å²) in [5, 5.41) is 80.9. The lowest BCUT2D eigenvalue weighted by Gasteiger charge is -2.61. The highest BCUT2D eigenvalue weighted by atomic mass is 16.7. The van der Waals surface area contributed by atoms with Crippen molar-refractivity contribution in [1.29, 1.82) is 0 Å². The molecule has 0 radical (unpaired) electrons. The lowest BCUT2D eigenvalue weighted by Crippen LogP contribution is -2.61. The SMILES string of the molecule is C[C@]12CC[C@H](O[C@@H]3O[C@H](CO)[C@H](O)[C@H](O)[C@H]3O)C[C@@H]1CC[C@@H]1[C@@H]2CC[C@]2(C)[C@@H](O[C@@H]3O[C@H](CO)[C@H](O)[C@H](O)[C@H]3O)CC[C@@H]12. The maximum Gasteiger partial charge on any atom is 0.186 e. The molecule has 2 saturated heterocycles. The summed E-state index contributed by atoms with van der Waals surface area (Å²) in [6.45, 7) is 3.76. The monoisotopic (exact) mass is 616 g/mol. The van der Waals surface area contributed by atoms with E-state index in [2.05, 4.69) is 13.8 Å². The van der Waals surface area contributed by atoms with Gasteiger partial charge in [-0.2, -0.15) is 0 Å². The molecule has 4 saturated carbocycles. The lowest BCUT2D eigenvalue weighted by atomic mass is 9.45. The molecule has 2 aliphatic heterocycles. The van der Waals surface area contributed by atoms with E-state index in [0.29, 0.717) is 23.7 Å². The topological polar surface area (TPSA) is 199 Å². The van der Waals surface area contributed by atoms with Crippen LogP contribution in [-0.4, -0.2) is 128 Å². The Morgan fingerprint density at radius 3 is 1.77 bits per heavy atom. The standard InChI is InChI=1S/C31H52O12/c1-30-9-7-15(40-28-26(38)24(36)22(34)19(12-32)41-28)11-14(30)3-4-16-17-5-6-21(31(17,2)10-8-18(16)30)43-29-27(39)25(37)23(35)20(13-33)42-29/h14-29,32-39H,3-13H2,1-2H3/t14-,15-,16-,17-,18-,19+,20+,21-,22-,23-,24-,25-,26+,27+,28+,29-,30-,31-/m0/s1. The van der Waals surface area contributed by atoms with Crippen molar-refractivity contribution in [2.24, 2.45) is 34.5 Å². The van der Waals surface area contributed by atoms with Crippen LogP contribution in [0.1, 0.15) is 71.6 Å². The van der Waals surface area contributed by atoms with E-state index in [9.17, 15) is 40.9 Å². The smallest absolute Gasteiger partial charge is 0.186 e. The van der Waals surface area contributed by atoms with Gasteiger partial charge in [0.1, 0.15) is 48.8 Å². The van der Waals surface area contributed by atoms with Gasteiger partial charge in [0.25, 0.3) is 0 Å². The first-order chi connectivity index (χ1) is 20.4. The van der Waals surface area contributed by atoms with Gasteiger partial charge in [0, 0.05) is 0 Å². The van der Waals surface area contributed by atoms with Crippen LogP contribution in [0.15, 0.2) is 0 Å². The summed E-state index contributed by atoms with van der Waals surface area (Å²) in [5.74, 6) is 2.01. The molecular weight excluding hydrogens is 564 g/mol. The first-order valence-electron chi connectivity index (χ1n) is 16.3. The fraction of sp³-hybridized carbons (Fsp3) is 1.00. The Labute approximate surface area is 252 Å². The molecule has 8 N–H and O–H groups in total. The van der Waals surface area contributed by atoms with E-state index in [1.54, 1.807) is 0 Å². The van der Waals surface area contributed by atoms with E-state index in [0.717, 1.165) is 57.8 Å². The molecule has 0 amide bonds. The first-order valence-corrected chi connectivity index (χ1v) is 16.3. The quantitative estimate of drug-likeness (QED) is 0.177. The van der Waals surface area contributed by atoms with Gasteiger partial charge in [-0.3, -0.25) is 0 Å². The van der Waals surface area contributed by atoms with Gasteiger partial charge in [0.2, 0.25) is 0 Å². The minimum Gasteiger partial charge on any atom is -0.394 e. The normalized spacial score (nSPS) is 57.1. The van der Waals surface area contributed by atoms with Crippen molar-refractivity contribution in [3.8, 4) is 0 Å². The predicted octanol–water partition coefficient (Wildman–Crippen LogP) is -0.601. The Balaban J connectivity index is 1.09. The molecule has 6 aliphatic rings. The number of hydrogen-bond donors (Lipinski definition) is 8. The Kier molecular flexibility index (Phi) is 9.27. The van der Waals surface area contributed by atoms with Crippen molar-refractivity contribution < 1.29 is 59.8 Å². The van der Waals surface area contributed by atoms with Crippen LogP contribution < -0.4 is 0 Å². The van der Waals surface area contributed by atoms with Crippen molar-refractivity contribution in [1.82, 2.24) is 0 Å². The van der Waals surface area contributed by atoms with Gasteiger partial charge in [-0.1, -0.05) is 13.8 Å². The minimum absolute atomic E-state index is 0.105. The zero-order valence-corrected chi connectivity index (χ0v) is 25.2. The third-order valence-corrected chi connectivity index (χ3v) is 12.9. The number of hydrogen-bond acceptors (Lipinski definition) is 12. The van der Waals surface area contributed by atoms with Crippen LogP contribution in [0.5, 0.6) is 0 Å². The summed E-state index contributed by atoms with van der Waals surface area (Å²) < 4.78 is 23.9. The largest absolute Gasteiger partial charge is 0.394 e. The number of fused-ring (bicyclic) bond motifs is 5. The summed E-state index contributed by atoms with van der Waals surface area (Å²) in [6, 6.07) is 0. The van der Waals surface area contributed by atoms with Crippen molar-refractivity contribution in [3.05, 3.63) is 0 Å². The molecule has 0 bridgehead atoms. The fourth-order valence-electron chi connectivity index (χ4n) is 10.2. The molecular formula is C31H52O12. The molecule has 12 heteroatoms. The number of rotatable bonds is 6. The molecule has 4 aliphatic carbocycles. The van der Waals surface area contributed by atoms with E-state index < -0.39 is 74.6 Å². The van der Waals surface area contributed by atoms with Crippen molar-refractivity contribution in [2.75, 3.05) is 13.2 Å². The van der Waals surface area contributed by atoms with Crippen LogP contribution in [0.2, 0.25) is 0 Å². The Morgan fingerprint density at radius 2 is 1.16 bits per heavy atom. The molecule has 12 nitrogen and oxygen atoms in total. The first kappa shape index (κ1) is 32.5. The second kappa shape index (κ2) is 12.3. The molecule has 0 spiro atoms. The fourth-order valence-corrected chi connectivity index (χ4v) is 10.2. The van der Waals surface area contributed by atoms with Gasteiger partial charge in [-0.05, 0) is 92.3 Å². The van der Waals surface area contributed by atoms with E-state index >= 15 is 0 Å². The maximum atomic E-state index is 10.6. The van der Waals surface area contributed by atoms with E-state index in [1.807, 2.05) is 0 Å². The molecule has 43 heavy (non-hydrogen) atoms. The molecule has 0 aromatic rings. The summed E-state index contributed by atoms with van der Waals surface area (Å²) in [4.78, 5) is 0. The number of ether oxygens (including phenoxy) is 4. The average molecular weight is 617 g/mol. The zero-order valence-electron chi connectivity index (χ0n) is 25.2. The van der Waals surface area contributed by atoms with Crippen LogP contribution in [0.25, 0.3) is 0 Å². The number of aliphatic hydroxyl groups excluding tert-OH is 8. The van der Waals surface area contributed by atoms with Crippen molar-refractivity contribution >= 4 is 0 Å². The van der Waals surface area contributed by atoms with Gasteiger partial charge in [-0.15, -0.1) is 0 Å². The van der Waals surface area contributed by atoms with Crippen LogP contribution in [-0.2, 0) is 18.9 Å². The second-order valence-electron chi connectivity index (χ2n) is 14.8. The molecule has 248 valence electrons. The van der Waals surface area contributed by atoms with Crippen LogP contribution >= 0.6 is 0 Å². The van der Waals surface area contributed by atoms with Crippen LogP contribution in [0.3, 0.4) is 0 Å². The Bertz CT molecular complexity index is 967. The van der Waals surface area contributed by atoms with Gasteiger partial charge >= 0.3 is 0 Å². The van der Waals surface area contributed by atoms with Gasteiger partial charge < -0.3 is 59.8 Å². The van der Waals surface area contributed by atoms with Crippen LogP contribution in [0.4, 0.5) is 0 Å². The molecule has 2 heterocycles. The summed E-state index contributed by atoms with van der Waals surface area (Å²) in [7, 11) is 0. The number of aliphatic hydroxyl groups is 8. The van der Waals surface area contributed by atoms with Crippen LogP contribution in [0, 0.1) is 34.5 Å². The molecule has 0 unspecified atom stereocenters. The molecule has 6 rings (SSSR count). The van der Waals surface area contributed by atoms with Gasteiger partial charge in [-0.25, -0.2) is 0 Å². The molecule has 6 fully saturated rings. The lowest BCUT2D eigenvalue weighted by molar-refractivity contribution is -0.320. The highest BCUT2D eigenvalue weighted by molar-refractivity contribution is 5.10. The molecule has 0 aromatic carbocycles. The Morgan fingerprint density at radius 1 is 0.605 bits per heavy atom. The van der Waals surface area contributed by atoms with E-state index in [1.165, 1.54) is 0 Å². The second-order valence-corrected chi connectivity index (χ2v) is 14.8. The average Bonchev–Trinajstić information content (AvgIpc) is 3.33. The minimum atomic E-state index is -1.45. The maximum absolute atomic E-state index is 10.6. The predicted molar refractivity (Wildman–Crippen MR) is 149 cm³/mol. The Hall–Kier alpha value is -0.480.